The molecule has 16 heavy (non-hydrogen) atoms. The molecule has 1 heterocycles. The smallest absolute Gasteiger partial charge is 0.199 e. The fraction of sp³-hybridized carbons (Fsp3) is 0.500. The average Bonchev–Trinajstić information content (AvgIpc) is 2.52. The molecule has 3 nitrogen and oxygen atoms in total. The van der Waals surface area contributed by atoms with Gasteiger partial charge in [-0.2, -0.15) is 0 Å². The lowest BCUT2D eigenvalue weighted by Crippen LogP contribution is -2.19. The summed E-state index contributed by atoms with van der Waals surface area (Å²) in [4.78, 5) is 0. The van der Waals surface area contributed by atoms with E-state index in [9.17, 15) is 5.11 Å². The molecule has 1 aliphatic heterocycles. The molecule has 0 aromatic heterocycles. The lowest BCUT2D eigenvalue weighted by atomic mass is 10.2. The highest BCUT2D eigenvalue weighted by Crippen LogP contribution is 2.28. The number of rotatable bonds is 2. The summed E-state index contributed by atoms with van der Waals surface area (Å²) in [5.41, 5.74) is 0. The molecule has 1 saturated heterocycles. The SMILES string of the molecule is Oc1ccc(OC2CCCCCO2)cc1Cl. The third kappa shape index (κ3) is 3.03. The van der Waals surface area contributed by atoms with Crippen molar-refractivity contribution < 1.29 is 14.6 Å². The van der Waals surface area contributed by atoms with Crippen LogP contribution in [-0.4, -0.2) is 18.0 Å². The summed E-state index contributed by atoms with van der Waals surface area (Å²) in [6.45, 7) is 0.747. The molecular weight excluding hydrogens is 228 g/mol. The van der Waals surface area contributed by atoms with Gasteiger partial charge in [-0.1, -0.05) is 18.0 Å². The van der Waals surface area contributed by atoms with E-state index in [1.54, 1.807) is 12.1 Å². The molecule has 0 aliphatic carbocycles. The van der Waals surface area contributed by atoms with Gasteiger partial charge in [0.15, 0.2) is 6.29 Å². The van der Waals surface area contributed by atoms with Crippen LogP contribution in [0.25, 0.3) is 0 Å². The number of phenols is 1. The third-order valence-corrected chi connectivity index (χ3v) is 2.88. The van der Waals surface area contributed by atoms with Crippen molar-refractivity contribution in [2.45, 2.75) is 32.0 Å². The summed E-state index contributed by atoms with van der Waals surface area (Å²) in [6.07, 6.45) is 4.12. The zero-order valence-electron chi connectivity index (χ0n) is 8.99. The van der Waals surface area contributed by atoms with Gasteiger partial charge in [0.1, 0.15) is 11.5 Å². The Kier molecular flexibility index (Phi) is 3.91. The molecule has 0 amide bonds. The molecule has 88 valence electrons. The molecule has 1 N–H and O–H groups in total. The highest BCUT2D eigenvalue weighted by Gasteiger charge is 2.14. The van der Waals surface area contributed by atoms with E-state index in [0.717, 1.165) is 25.9 Å². The Morgan fingerprint density at radius 2 is 2.19 bits per heavy atom. The molecule has 0 radical (unpaired) electrons. The first-order valence-corrected chi connectivity index (χ1v) is 5.90. The van der Waals surface area contributed by atoms with Crippen LogP contribution in [0.3, 0.4) is 0 Å². The van der Waals surface area contributed by atoms with Crippen molar-refractivity contribution in [3.8, 4) is 11.5 Å². The minimum Gasteiger partial charge on any atom is -0.506 e. The van der Waals surface area contributed by atoms with Crippen molar-refractivity contribution in [3.05, 3.63) is 23.2 Å². The van der Waals surface area contributed by atoms with Gasteiger partial charge >= 0.3 is 0 Å². The fourth-order valence-corrected chi connectivity index (χ4v) is 1.86. The predicted octanol–water partition coefficient (Wildman–Crippen LogP) is 3.34. The van der Waals surface area contributed by atoms with E-state index in [2.05, 4.69) is 0 Å². The van der Waals surface area contributed by atoms with Gasteiger partial charge in [-0.25, -0.2) is 0 Å². The number of benzene rings is 1. The normalized spacial score (nSPS) is 21.4. The Balaban J connectivity index is 1.99. The molecule has 1 aliphatic rings. The van der Waals surface area contributed by atoms with Crippen LogP contribution in [0.5, 0.6) is 11.5 Å². The highest BCUT2D eigenvalue weighted by atomic mass is 35.5. The Hall–Kier alpha value is -0.930. The van der Waals surface area contributed by atoms with E-state index in [4.69, 9.17) is 21.1 Å². The van der Waals surface area contributed by atoms with E-state index < -0.39 is 0 Å². The van der Waals surface area contributed by atoms with Crippen LogP contribution < -0.4 is 4.74 Å². The Bertz CT molecular complexity index is 346. The minimum absolute atomic E-state index is 0.0656. The van der Waals surface area contributed by atoms with Crippen molar-refractivity contribution in [1.29, 1.82) is 0 Å². The predicted molar refractivity (Wildman–Crippen MR) is 62.0 cm³/mol. The van der Waals surface area contributed by atoms with Gasteiger partial charge < -0.3 is 14.6 Å². The lowest BCUT2D eigenvalue weighted by Gasteiger charge is -2.17. The summed E-state index contributed by atoms with van der Waals surface area (Å²) in [5.74, 6) is 0.700. The first-order chi connectivity index (χ1) is 7.75. The molecule has 1 aromatic rings. The van der Waals surface area contributed by atoms with Crippen LogP contribution in [0.4, 0.5) is 0 Å². The molecule has 1 unspecified atom stereocenters. The largest absolute Gasteiger partial charge is 0.506 e. The second-order valence-corrected chi connectivity index (χ2v) is 4.29. The fourth-order valence-electron chi connectivity index (χ4n) is 1.69. The van der Waals surface area contributed by atoms with Gasteiger partial charge in [-0.05, 0) is 25.0 Å². The van der Waals surface area contributed by atoms with E-state index in [-0.39, 0.29) is 12.0 Å². The number of halogens is 1. The number of phenolic OH excluding ortho intramolecular Hbond substituents is 1. The monoisotopic (exact) mass is 242 g/mol. The Morgan fingerprint density at radius 3 is 3.00 bits per heavy atom. The Labute approximate surface area is 99.9 Å². The van der Waals surface area contributed by atoms with Crippen molar-refractivity contribution in [2.75, 3.05) is 6.61 Å². The molecule has 1 atom stereocenters. The van der Waals surface area contributed by atoms with Crippen molar-refractivity contribution in [3.63, 3.8) is 0 Å². The van der Waals surface area contributed by atoms with Crippen molar-refractivity contribution >= 4 is 11.6 Å². The van der Waals surface area contributed by atoms with Crippen molar-refractivity contribution in [2.24, 2.45) is 0 Å². The highest BCUT2D eigenvalue weighted by molar-refractivity contribution is 6.32. The van der Waals surface area contributed by atoms with E-state index in [1.807, 2.05) is 0 Å². The number of hydrogen-bond donors (Lipinski definition) is 1. The van der Waals surface area contributed by atoms with Gasteiger partial charge in [-0.3, -0.25) is 0 Å². The molecule has 1 fully saturated rings. The van der Waals surface area contributed by atoms with Gasteiger partial charge in [-0.15, -0.1) is 0 Å². The van der Waals surface area contributed by atoms with Gasteiger partial charge in [0, 0.05) is 12.5 Å². The van der Waals surface area contributed by atoms with Crippen LogP contribution in [0.1, 0.15) is 25.7 Å². The van der Waals surface area contributed by atoms with Crippen LogP contribution in [-0.2, 0) is 4.74 Å². The first-order valence-electron chi connectivity index (χ1n) is 5.52. The maximum atomic E-state index is 9.28. The van der Waals surface area contributed by atoms with Gasteiger partial charge in [0.2, 0.25) is 0 Å². The number of ether oxygens (including phenoxy) is 2. The quantitative estimate of drug-likeness (QED) is 0.865. The van der Waals surface area contributed by atoms with E-state index >= 15 is 0 Å². The second kappa shape index (κ2) is 5.41. The average molecular weight is 243 g/mol. The summed E-state index contributed by atoms with van der Waals surface area (Å²) < 4.78 is 11.2. The van der Waals surface area contributed by atoms with Crippen LogP contribution >= 0.6 is 11.6 Å². The van der Waals surface area contributed by atoms with Crippen LogP contribution in [0, 0.1) is 0 Å². The summed E-state index contributed by atoms with van der Waals surface area (Å²) >= 11 is 5.79. The molecular formula is C12H15ClO3. The van der Waals surface area contributed by atoms with Crippen molar-refractivity contribution in [1.82, 2.24) is 0 Å². The third-order valence-electron chi connectivity index (χ3n) is 2.57. The maximum Gasteiger partial charge on any atom is 0.199 e. The summed E-state index contributed by atoms with van der Waals surface area (Å²) in [5, 5.41) is 9.57. The zero-order chi connectivity index (χ0) is 11.4. The number of aromatic hydroxyl groups is 1. The van der Waals surface area contributed by atoms with Gasteiger partial charge in [0.05, 0.1) is 11.6 Å². The van der Waals surface area contributed by atoms with Crippen LogP contribution in [0.15, 0.2) is 18.2 Å². The standard InChI is InChI=1S/C12H15ClO3/c13-10-8-9(5-6-11(10)14)16-12-4-2-1-3-7-15-12/h5-6,8,12,14H,1-4,7H2. The minimum atomic E-state index is -0.192. The molecule has 2 rings (SSSR count). The number of hydrogen-bond acceptors (Lipinski definition) is 3. The summed E-state index contributed by atoms with van der Waals surface area (Å²) in [7, 11) is 0. The van der Waals surface area contributed by atoms with Gasteiger partial charge in [0.25, 0.3) is 0 Å². The molecule has 4 heteroatoms. The molecule has 0 bridgehead atoms. The second-order valence-electron chi connectivity index (χ2n) is 3.88. The van der Waals surface area contributed by atoms with Crippen LogP contribution in [0.2, 0.25) is 5.02 Å². The molecule has 0 spiro atoms. The topological polar surface area (TPSA) is 38.7 Å². The molecule has 1 aromatic carbocycles. The maximum absolute atomic E-state index is 9.28. The Morgan fingerprint density at radius 1 is 1.31 bits per heavy atom. The van der Waals surface area contributed by atoms with E-state index in [0.29, 0.717) is 10.8 Å². The zero-order valence-corrected chi connectivity index (χ0v) is 9.74. The first kappa shape index (κ1) is 11.6. The summed E-state index contributed by atoms with van der Waals surface area (Å²) in [6, 6.07) is 4.81. The molecule has 0 saturated carbocycles. The van der Waals surface area contributed by atoms with E-state index in [1.165, 1.54) is 12.5 Å². The lowest BCUT2D eigenvalue weighted by molar-refractivity contribution is -0.0768.